The summed E-state index contributed by atoms with van der Waals surface area (Å²) >= 11 is 0. The fourth-order valence-corrected chi connectivity index (χ4v) is 2.63. The second kappa shape index (κ2) is 7.62. The van der Waals surface area contributed by atoms with Gasteiger partial charge in [-0.25, -0.2) is 0 Å². The van der Waals surface area contributed by atoms with Crippen LogP contribution in [0.4, 0.5) is 6.01 Å². The standard InChI is InChI=1S/C15H28N4O/c1-11(2)8-16-10-14-18-19-15(20-14)17-9-13-6-4-12(3)5-7-13/h11-13,16H,4-10H2,1-3H3,(H,17,19). The molecule has 1 aromatic heterocycles. The Morgan fingerprint density at radius 3 is 2.65 bits per heavy atom. The molecule has 1 heterocycles. The second-order valence-corrected chi connectivity index (χ2v) is 6.53. The lowest BCUT2D eigenvalue weighted by Crippen LogP contribution is -2.20. The van der Waals surface area contributed by atoms with Crippen molar-refractivity contribution in [3.05, 3.63) is 5.89 Å². The molecule has 0 saturated heterocycles. The van der Waals surface area contributed by atoms with Crippen molar-refractivity contribution >= 4 is 6.01 Å². The Morgan fingerprint density at radius 2 is 1.95 bits per heavy atom. The lowest BCUT2D eigenvalue weighted by Gasteiger charge is -2.25. The number of aromatic nitrogens is 2. The molecule has 0 atom stereocenters. The first-order valence-corrected chi connectivity index (χ1v) is 7.90. The topological polar surface area (TPSA) is 63.0 Å². The maximum atomic E-state index is 5.58. The SMILES string of the molecule is CC(C)CNCc1nnc(NCC2CCC(C)CC2)o1. The summed E-state index contributed by atoms with van der Waals surface area (Å²) in [6, 6.07) is 0.560. The predicted molar refractivity (Wildman–Crippen MR) is 80.5 cm³/mol. The van der Waals surface area contributed by atoms with E-state index in [4.69, 9.17) is 4.42 Å². The lowest BCUT2D eigenvalue weighted by molar-refractivity contribution is 0.299. The Labute approximate surface area is 121 Å². The maximum Gasteiger partial charge on any atom is 0.315 e. The second-order valence-electron chi connectivity index (χ2n) is 6.53. The summed E-state index contributed by atoms with van der Waals surface area (Å²) < 4.78 is 5.58. The zero-order valence-corrected chi connectivity index (χ0v) is 13.0. The van der Waals surface area contributed by atoms with E-state index >= 15 is 0 Å². The molecule has 5 nitrogen and oxygen atoms in total. The number of nitrogens with zero attached hydrogens (tertiary/aromatic N) is 2. The van der Waals surface area contributed by atoms with Crippen molar-refractivity contribution in [1.29, 1.82) is 0 Å². The first kappa shape index (κ1) is 15.3. The quantitative estimate of drug-likeness (QED) is 0.803. The van der Waals surface area contributed by atoms with Gasteiger partial charge in [0.15, 0.2) is 0 Å². The van der Waals surface area contributed by atoms with Crippen LogP contribution in [0.15, 0.2) is 4.42 Å². The van der Waals surface area contributed by atoms with E-state index < -0.39 is 0 Å². The highest BCUT2D eigenvalue weighted by molar-refractivity contribution is 5.16. The Kier molecular flexibility index (Phi) is 5.83. The molecule has 1 aliphatic carbocycles. The van der Waals surface area contributed by atoms with E-state index in [0.717, 1.165) is 24.9 Å². The van der Waals surface area contributed by atoms with Crippen LogP contribution in [-0.2, 0) is 6.54 Å². The van der Waals surface area contributed by atoms with Crippen LogP contribution < -0.4 is 10.6 Å². The van der Waals surface area contributed by atoms with Gasteiger partial charge in [-0.3, -0.25) is 0 Å². The summed E-state index contributed by atoms with van der Waals surface area (Å²) in [4.78, 5) is 0. The van der Waals surface area contributed by atoms with Crippen molar-refractivity contribution < 1.29 is 4.42 Å². The van der Waals surface area contributed by atoms with Crippen molar-refractivity contribution in [2.45, 2.75) is 53.0 Å². The van der Waals surface area contributed by atoms with Gasteiger partial charge in [0.1, 0.15) is 0 Å². The molecule has 2 rings (SSSR count). The summed E-state index contributed by atoms with van der Waals surface area (Å²) in [6.07, 6.45) is 5.32. The monoisotopic (exact) mass is 280 g/mol. The zero-order chi connectivity index (χ0) is 14.4. The number of nitrogens with one attached hydrogen (secondary N) is 2. The van der Waals surface area contributed by atoms with Gasteiger partial charge in [-0.2, -0.15) is 0 Å². The molecule has 0 radical (unpaired) electrons. The van der Waals surface area contributed by atoms with Gasteiger partial charge in [0.2, 0.25) is 5.89 Å². The van der Waals surface area contributed by atoms with Crippen molar-refractivity contribution in [3.63, 3.8) is 0 Å². The average molecular weight is 280 g/mol. The summed E-state index contributed by atoms with van der Waals surface area (Å²) in [5, 5.41) is 14.7. The minimum absolute atomic E-state index is 0.560. The minimum atomic E-state index is 0.560. The van der Waals surface area contributed by atoms with E-state index in [0.29, 0.717) is 24.4 Å². The van der Waals surface area contributed by atoms with E-state index in [1.165, 1.54) is 25.7 Å². The normalized spacial score (nSPS) is 23.2. The Balaban J connectivity index is 1.67. The van der Waals surface area contributed by atoms with Crippen molar-refractivity contribution in [1.82, 2.24) is 15.5 Å². The molecule has 0 spiro atoms. The van der Waals surface area contributed by atoms with Gasteiger partial charge in [-0.15, -0.1) is 5.10 Å². The van der Waals surface area contributed by atoms with Crippen molar-refractivity contribution in [2.75, 3.05) is 18.4 Å². The lowest BCUT2D eigenvalue weighted by atomic mass is 9.83. The molecule has 20 heavy (non-hydrogen) atoms. The maximum absolute atomic E-state index is 5.58. The van der Waals surface area contributed by atoms with Gasteiger partial charge in [-0.1, -0.05) is 38.7 Å². The molecular formula is C15H28N4O. The number of hydrogen-bond donors (Lipinski definition) is 2. The van der Waals surface area contributed by atoms with E-state index in [1.54, 1.807) is 0 Å². The van der Waals surface area contributed by atoms with Gasteiger partial charge in [0, 0.05) is 6.54 Å². The van der Waals surface area contributed by atoms with Crippen LogP contribution in [0.25, 0.3) is 0 Å². The molecule has 2 N–H and O–H groups in total. The molecule has 1 aromatic rings. The van der Waals surface area contributed by atoms with Crippen molar-refractivity contribution in [3.8, 4) is 0 Å². The van der Waals surface area contributed by atoms with Crippen LogP contribution in [0.3, 0.4) is 0 Å². The van der Waals surface area contributed by atoms with Crippen molar-refractivity contribution in [2.24, 2.45) is 17.8 Å². The molecule has 1 aliphatic rings. The van der Waals surface area contributed by atoms with E-state index in [2.05, 4.69) is 41.6 Å². The molecular weight excluding hydrogens is 252 g/mol. The Morgan fingerprint density at radius 1 is 1.20 bits per heavy atom. The molecule has 114 valence electrons. The molecule has 0 amide bonds. The van der Waals surface area contributed by atoms with Crippen LogP contribution in [0.2, 0.25) is 0 Å². The van der Waals surface area contributed by atoms with Crippen LogP contribution in [-0.4, -0.2) is 23.3 Å². The largest absolute Gasteiger partial charge is 0.407 e. The number of rotatable bonds is 7. The number of hydrogen-bond acceptors (Lipinski definition) is 5. The summed E-state index contributed by atoms with van der Waals surface area (Å²) in [5.41, 5.74) is 0. The van der Waals surface area contributed by atoms with Gasteiger partial charge in [0.05, 0.1) is 6.54 Å². The Hall–Kier alpha value is -1.10. The summed E-state index contributed by atoms with van der Waals surface area (Å²) in [6.45, 7) is 9.27. The molecule has 5 heteroatoms. The molecule has 0 unspecified atom stereocenters. The third kappa shape index (κ3) is 5.12. The summed E-state index contributed by atoms with van der Waals surface area (Å²) in [5.74, 6) is 2.93. The van der Waals surface area contributed by atoms with Gasteiger partial charge in [-0.05, 0) is 37.1 Å². The molecule has 1 fully saturated rings. The van der Waals surface area contributed by atoms with Crippen LogP contribution >= 0.6 is 0 Å². The first-order valence-electron chi connectivity index (χ1n) is 7.90. The molecule has 1 saturated carbocycles. The van der Waals surface area contributed by atoms with Crippen LogP contribution in [0, 0.1) is 17.8 Å². The highest BCUT2D eigenvalue weighted by Gasteiger charge is 2.18. The third-order valence-electron chi connectivity index (χ3n) is 3.97. The van der Waals surface area contributed by atoms with Gasteiger partial charge < -0.3 is 15.1 Å². The molecule has 0 aromatic carbocycles. The minimum Gasteiger partial charge on any atom is -0.407 e. The van der Waals surface area contributed by atoms with E-state index in [-0.39, 0.29) is 0 Å². The van der Waals surface area contributed by atoms with Gasteiger partial charge in [0.25, 0.3) is 0 Å². The zero-order valence-electron chi connectivity index (χ0n) is 13.0. The van der Waals surface area contributed by atoms with Crippen LogP contribution in [0.1, 0.15) is 52.3 Å². The molecule has 0 bridgehead atoms. The highest BCUT2D eigenvalue weighted by atomic mass is 16.4. The summed E-state index contributed by atoms with van der Waals surface area (Å²) in [7, 11) is 0. The first-order chi connectivity index (χ1) is 9.63. The Bertz CT molecular complexity index is 383. The smallest absolute Gasteiger partial charge is 0.315 e. The predicted octanol–water partition coefficient (Wildman–Crippen LogP) is 3.05. The van der Waals surface area contributed by atoms with Crippen LogP contribution in [0.5, 0.6) is 0 Å². The fraction of sp³-hybridized carbons (Fsp3) is 0.867. The third-order valence-corrected chi connectivity index (χ3v) is 3.97. The van der Waals surface area contributed by atoms with Gasteiger partial charge >= 0.3 is 6.01 Å². The molecule has 0 aliphatic heterocycles. The highest BCUT2D eigenvalue weighted by Crippen LogP contribution is 2.28. The van der Waals surface area contributed by atoms with E-state index in [1.807, 2.05) is 0 Å². The fourth-order valence-electron chi connectivity index (χ4n) is 2.63. The van der Waals surface area contributed by atoms with E-state index in [9.17, 15) is 0 Å². The number of anilines is 1. The average Bonchev–Trinajstić information content (AvgIpc) is 2.86.